The van der Waals surface area contributed by atoms with Crippen molar-refractivity contribution >= 4 is 11.9 Å². The Hall–Kier alpha value is -2.81. The van der Waals surface area contributed by atoms with Crippen LogP contribution in [-0.2, 0) is 11.8 Å². The Morgan fingerprint density at radius 1 is 1.25 bits per heavy atom. The maximum absolute atomic E-state index is 11.9. The molecule has 32 heavy (non-hydrogen) atoms. The molecular weight excluding hydrogens is 408 g/mol. The molecule has 0 bridgehead atoms. The molecule has 2 aliphatic heterocycles. The zero-order valence-electron chi connectivity index (χ0n) is 18.9. The van der Waals surface area contributed by atoms with E-state index in [-0.39, 0.29) is 11.8 Å². The molecule has 3 fully saturated rings. The number of hydrogen-bond acceptors (Lipinski definition) is 7. The third-order valence-electron chi connectivity index (χ3n) is 7.25. The fourth-order valence-electron chi connectivity index (χ4n) is 5.65. The molecule has 9 heteroatoms. The molecule has 0 radical (unpaired) electrons. The number of ether oxygens (including phenoxy) is 1. The molecule has 2 aromatic heterocycles. The maximum Gasteiger partial charge on any atom is 0.409 e. The van der Waals surface area contributed by atoms with E-state index in [1.165, 1.54) is 25.5 Å². The standard InChI is InChI=1S/C23H32N6O3/c1-3-32-22(31)29-15-23(16-29)5-4-18(11-23)27-6-8-28(9-7-27)21-20(10-19(30)13-24-21)17-12-25-26(2)14-17/h10,12-14,18,30H,3-9,11,15-16H2,1-2H3/t18-/m1/s1. The molecule has 1 N–H and O–H groups in total. The van der Waals surface area contributed by atoms with E-state index in [1.54, 1.807) is 10.7 Å². The van der Waals surface area contributed by atoms with Crippen LogP contribution in [0.4, 0.5) is 10.6 Å². The van der Waals surface area contributed by atoms with Crippen molar-refractivity contribution in [2.75, 3.05) is 50.8 Å². The highest BCUT2D eigenvalue weighted by atomic mass is 16.6. The summed E-state index contributed by atoms with van der Waals surface area (Å²) in [4.78, 5) is 23.3. The van der Waals surface area contributed by atoms with Crippen LogP contribution in [0, 0.1) is 5.41 Å². The average molecular weight is 441 g/mol. The lowest BCUT2D eigenvalue weighted by atomic mass is 9.78. The number of carbonyl (C=O) groups excluding carboxylic acids is 1. The van der Waals surface area contributed by atoms with Gasteiger partial charge < -0.3 is 19.6 Å². The number of amides is 1. The first-order valence-corrected chi connectivity index (χ1v) is 11.5. The van der Waals surface area contributed by atoms with Gasteiger partial charge in [0.25, 0.3) is 0 Å². The summed E-state index contributed by atoms with van der Waals surface area (Å²) < 4.78 is 6.90. The number of aromatic nitrogens is 3. The number of hydrogen-bond donors (Lipinski definition) is 1. The van der Waals surface area contributed by atoms with Crippen LogP contribution in [0.1, 0.15) is 26.2 Å². The van der Waals surface area contributed by atoms with Crippen molar-refractivity contribution in [2.45, 2.75) is 32.2 Å². The lowest BCUT2D eigenvalue weighted by molar-refractivity contribution is -0.00294. The van der Waals surface area contributed by atoms with Gasteiger partial charge in [-0.05, 0) is 32.3 Å². The SMILES string of the molecule is CCOC(=O)N1CC2(CC[C@@H](N3CCN(c4ncc(O)cc4-c4cnn(C)c4)CC3)C2)C1. The summed E-state index contributed by atoms with van der Waals surface area (Å²) in [5.41, 5.74) is 2.17. The van der Waals surface area contributed by atoms with Crippen molar-refractivity contribution in [3.63, 3.8) is 0 Å². The van der Waals surface area contributed by atoms with Gasteiger partial charge in [-0.1, -0.05) is 0 Å². The predicted octanol–water partition coefficient (Wildman–Crippen LogP) is 2.32. The van der Waals surface area contributed by atoms with Crippen LogP contribution in [0.5, 0.6) is 5.75 Å². The van der Waals surface area contributed by atoms with Crippen LogP contribution in [0.15, 0.2) is 24.7 Å². The number of anilines is 1. The number of carbonyl (C=O) groups is 1. The van der Waals surface area contributed by atoms with E-state index in [1.807, 2.05) is 31.3 Å². The predicted molar refractivity (Wildman–Crippen MR) is 121 cm³/mol. The van der Waals surface area contributed by atoms with Crippen LogP contribution < -0.4 is 4.90 Å². The minimum atomic E-state index is -0.166. The number of aryl methyl sites for hydroxylation is 1. The fraction of sp³-hybridized carbons (Fsp3) is 0.609. The summed E-state index contributed by atoms with van der Waals surface area (Å²) in [6.07, 6.45) is 8.68. The molecule has 4 heterocycles. The highest BCUT2D eigenvalue weighted by molar-refractivity contribution is 5.76. The van der Waals surface area contributed by atoms with Crippen molar-refractivity contribution in [2.24, 2.45) is 12.5 Å². The first kappa shape index (κ1) is 21.1. The smallest absolute Gasteiger partial charge is 0.409 e. The average Bonchev–Trinajstić information content (AvgIpc) is 3.40. The van der Waals surface area contributed by atoms with Crippen molar-refractivity contribution in [3.8, 4) is 16.9 Å². The molecule has 1 spiro atoms. The first-order valence-electron chi connectivity index (χ1n) is 11.5. The van der Waals surface area contributed by atoms with Gasteiger partial charge in [0.2, 0.25) is 0 Å². The topological polar surface area (TPSA) is 87.0 Å². The number of likely N-dealkylation sites (tertiary alicyclic amines) is 1. The minimum absolute atomic E-state index is 0.166. The second-order valence-electron chi connectivity index (χ2n) is 9.44. The summed E-state index contributed by atoms with van der Waals surface area (Å²) in [6.45, 7) is 7.78. The number of rotatable bonds is 4. The van der Waals surface area contributed by atoms with Crippen LogP contribution in [-0.4, -0.2) is 87.7 Å². The Bertz CT molecular complexity index is 978. The molecule has 2 saturated heterocycles. The van der Waals surface area contributed by atoms with Gasteiger partial charge in [0.1, 0.15) is 11.6 Å². The van der Waals surface area contributed by atoms with Crippen LogP contribution in [0.3, 0.4) is 0 Å². The molecule has 2 aromatic rings. The van der Waals surface area contributed by atoms with Crippen LogP contribution in [0.25, 0.3) is 11.1 Å². The van der Waals surface area contributed by atoms with E-state index in [4.69, 9.17) is 4.74 Å². The zero-order valence-corrected chi connectivity index (χ0v) is 18.9. The zero-order chi connectivity index (χ0) is 22.3. The van der Waals surface area contributed by atoms with Crippen molar-refractivity contribution in [3.05, 3.63) is 24.7 Å². The fourth-order valence-corrected chi connectivity index (χ4v) is 5.65. The van der Waals surface area contributed by atoms with E-state index in [0.29, 0.717) is 18.1 Å². The third-order valence-corrected chi connectivity index (χ3v) is 7.25. The van der Waals surface area contributed by atoms with E-state index in [0.717, 1.165) is 56.2 Å². The van der Waals surface area contributed by atoms with E-state index >= 15 is 0 Å². The van der Waals surface area contributed by atoms with Crippen molar-refractivity contribution in [1.29, 1.82) is 0 Å². The minimum Gasteiger partial charge on any atom is -0.506 e. The normalized spacial score (nSPS) is 22.9. The van der Waals surface area contributed by atoms with Crippen molar-refractivity contribution in [1.82, 2.24) is 24.6 Å². The molecule has 9 nitrogen and oxygen atoms in total. The van der Waals surface area contributed by atoms with Gasteiger partial charge in [-0.3, -0.25) is 9.58 Å². The lowest BCUT2D eigenvalue weighted by Gasteiger charge is -2.48. The number of pyridine rings is 1. The quantitative estimate of drug-likeness (QED) is 0.781. The molecule has 1 atom stereocenters. The molecule has 1 amide bonds. The number of piperazine rings is 1. The molecule has 0 unspecified atom stereocenters. The number of nitrogens with zero attached hydrogens (tertiary/aromatic N) is 6. The Balaban J connectivity index is 1.20. The summed E-state index contributed by atoms with van der Waals surface area (Å²) in [7, 11) is 1.89. The first-order chi connectivity index (χ1) is 15.5. The lowest BCUT2D eigenvalue weighted by Crippen LogP contribution is -2.58. The van der Waals surface area contributed by atoms with E-state index in [9.17, 15) is 9.90 Å². The largest absolute Gasteiger partial charge is 0.506 e. The number of aromatic hydroxyl groups is 1. The van der Waals surface area contributed by atoms with Crippen LogP contribution >= 0.6 is 0 Å². The Morgan fingerprint density at radius 3 is 2.72 bits per heavy atom. The van der Waals surface area contributed by atoms with Gasteiger partial charge in [0.05, 0.1) is 19.0 Å². The van der Waals surface area contributed by atoms with E-state index < -0.39 is 0 Å². The highest BCUT2D eigenvalue weighted by Gasteiger charge is 2.51. The molecule has 5 rings (SSSR count). The monoisotopic (exact) mass is 440 g/mol. The maximum atomic E-state index is 11.9. The summed E-state index contributed by atoms with van der Waals surface area (Å²) >= 11 is 0. The van der Waals surface area contributed by atoms with Gasteiger partial charge in [0, 0.05) is 75.1 Å². The van der Waals surface area contributed by atoms with Gasteiger partial charge in [-0.2, -0.15) is 5.10 Å². The summed E-state index contributed by atoms with van der Waals surface area (Å²) in [6, 6.07) is 2.37. The molecule has 0 aromatic carbocycles. The van der Waals surface area contributed by atoms with Gasteiger partial charge in [0.15, 0.2) is 0 Å². The molecule has 3 aliphatic rings. The summed E-state index contributed by atoms with van der Waals surface area (Å²) in [5.74, 6) is 1.07. The second-order valence-corrected chi connectivity index (χ2v) is 9.44. The van der Waals surface area contributed by atoms with Gasteiger partial charge >= 0.3 is 6.09 Å². The molecule has 1 aliphatic carbocycles. The van der Waals surface area contributed by atoms with E-state index in [2.05, 4.69) is 19.9 Å². The Kier molecular flexibility index (Phi) is 5.44. The highest BCUT2D eigenvalue weighted by Crippen LogP contribution is 2.47. The third kappa shape index (κ3) is 3.90. The van der Waals surface area contributed by atoms with Crippen LogP contribution in [0.2, 0.25) is 0 Å². The Labute approximate surface area is 188 Å². The molecule has 1 saturated carbocycles. The molecular formula is C23H32N6O3. The van der Waals surface area contributed by atoms with Crippen molar-refractivity contribution < 1.29 is 14.6 Å². The summed E-state index contributed by atoms with van der Waals surface area (Å²) in [5, 5.41) is 14.3. The Morgan fingerprint density at radius 2 is 2.03 bits per heavy atom. The second kappa shape index (κ2) is 8.27. The van der Waals surface area contributed by atoms with Gasteiger partial charge in [-0.25, -0.2) is 9.78 Å². The molecule has 172 valence electrons. The van der Waals surface area contributed by atoms with Gasteiger partial charge in [-0.15, -0.1) is 0 Å².